The molecule has 7 aromatic rings. The van der Waals surface area contributed by atoms with Crippen molar-refractivity contribution >= 4 is 0 Å². The Hall–Kier alpha value is -5.66. The Labute approximate surface area is 279 Å². The number of ether oxygens (including phenoxy) is 1. The highest BCUT2D eigenvalue weighted by Gasteiger charge is 2.35. The van der Waals surface area contributed by atoms with Crippen molar-refractivity contribution in [3.8, 4) is 67.1 Å². The highest BCUT2D eigenvalue weighted by molar-refractivity contribution is 6.02. The van der Waals surface area contributed by atoms with Crippen molar-refractivity contribution in [3.05, 3.63) is 181 Å². The summed E-state index contributed by atoms with van der Waals surface area (Å²) in [5.74, 6) is 0.453. The van der Waals surface area contributed by atoms with Gasteiger partial charge in [0.1, 0.15) is 11.5 Å². The van der Waals surface area contributed by atoms with Crippen LogP contribution in [0.1, 0.15) is 33.1 Å². The summed E-state index contributed by atoms with van der Waals surface area (Å²) in [4.78, 5) is 0. The van der Waals surface area contributed by atoms with E-state index in [0.29, 0.717) is 5.56 Å². The Morgan fingerprint density at radius 2 is 0.913 bits per heavy atom. The molecule has 0 atom stereocenters. The topological polar surface area (TPSA) is 9.23 Å². The maximum absolute atomic E-state index is 8.73. The van der Waals surface area contributed by atoms with Crippen molar-refractivity contribution in [2.24, 2.45) is 0 Å². The Morgan fingerprint density at radius 1 is 0.413 bits per heavy atom. The summed E-state index contributed by atoms with van der Waals surface area (Å²) < 4.78 is 58.9. The van der Waals surface area contributed by atoms with Gasteiger partial charge in [0, 0.05) is 30.3 Å². The fraction of sp³-hybridized carbons (Fsp3) is 0.0667. The molecule has 0 saturated carbocycles. The van der Waals surface area contributed by atoms with Gasteiger partial charge in [-0.1, -0.05) is 171 Å². The summed E-state index contributed by atoms with van der Waals surface area (Å²) in [5, 5.41) is 0. The standard InChI is InChI=1S/C45H34O/c1-45(2)39-25-12-13-27-41(39)46-44-38(24-15-26-40(44)45)34-22-14-23-35(30-34)43-37(32-18-8-4-9-19-32)29-28-36(31-16-6-3-7-17-31)42(43)33-20-10-5-11-21-33/h3-30H,1-2H3/i1D3,2D3. The van der Waals surface area contributed by atoms with E-state index >= 15 is 0 Å². The minimum atomic E-state index is -2.92. The predicted octanol–water partition coefficient (Wildman–Crippen LogP) is 12.5. The third-order valence-corrected chi connectivity index (χ3v) is 8.82. The molecule has 1 aliphatic rings. The van der Waals surface area contributed by atoms with Gasteiger partial charge in [-0.25, -0.2) is 0 Å². The molecule has 7 aromatic carbocycles. The van der Waals surface area contributed by atoms with Crippen LogP contribution in [0.2, 0.25) is 0 Å². The molecule has 1 heterocycles. The third kappa shape index (κ3) is 4.73. The fourth-order valence-corrected chi connectivity index (χ4v) is 6.66. The molecule has 220 valence electrons. The third-order valence-electron chi connectivity index (χ3n) is 8.82. The van der Waals surface area contributed by atoms with Gasteiger partial charge in [-0.3, -0.25) is 0 Å². The highest BCUT2D eigenvalue weighted by atomic mass is 16.5. The number of fused-ring (bicyclic) bond motifs is 2. The zero-order valence-electron chi connectivity index (χ0n) is 31.1. The lowest BCUT2D eigenvalue weighted by Gasteiger charge is -2.35. The van der Waals surface area contributed by atoms with E-state index in [1.165, 1.54) is 0 Å². The van der Waals surface area contributed by atoms with Crippen LogP contribution in [-0.4, -0.2) is 0 Å². The normalized spacial score (nSPS) is 15.4. The van der Waals surface area contributed by atoms with Gasteiger partial charge in [0.25, 0.3) is 0 Å². The average molecular weight is 597 g/mol. The van der Waals surface area contributed by atoms with Crippen LogP contribution in [0, 0.1) is 0 Å². The first-order valence-corrected chi connectivity index (χ1v) is 15.4. The van der Waals surface area contributed by atoms with Gasteiger partial charge in [-0.05, 0) is 62.2 Å². The number of hydrogen-bond donors (Lipinski definition) is 0. The van der Waals surface area contributed by atoms with Gasteiger partial charge >= 0.3 is 0 Å². The summed E-state index contributed by atoms with van der Waals surface area (Å²) in [7, 11) is 0. The zero-order chi connectivity index (χ0) is 36.1. The van der Waals surface area contributed by atoms with Crippen LogP contribution < -0.4 is 4.74 Å². The van der Waals surface area contributed by atoms with Crippen LogP contribution in [0.5, 0.6) is 11.5 Å². The van der Waals surface area contributed by atoms with Gasteiger partial charge in [-0.15, -0.1) is 0 Å². The molecule has 1 heteroatoms. The van der Waals surface area contributed by atoms with Crippen LogP contribution in [0.4, 0.5) is 0 Å². The largest absolute Gasteiger partial charge is 0.456 e. The summed E-state index contributed by atoms with van der Waals surface area (Å²) in [6, 6.07) is 55.3. The van der Waals surface area contributed by atoms with Crippen molar-refractivity contribution in [1.82, 2.24) is 0 Å². The predicted molar refractivity (Wildman–Crippen MR) is 192 cm³/mol. The van der Waals surface area contributed by atoms with E-state index in [4.69, 9.17) is 13.0 Å². The van der Waals surface area contributed by atoms with E-state index < -0.39 is 19.1 Å². The van der Waals surface area contributed by atoms with Gasteiger partial charge < -0.3 is 4.74 Å². The van der Waals surface area contributed by atoms with Crippen LogP contribution in [-0.2, 0) is 5.41 Å². The number of hydrogen-bond acceptors (Lipinski definition) is 1. The lowest BCUT2D eigenvalue weighted by Crippen LogP contribution is -2.24. The molecule has 1 nitrogen and oxygen atoms in total. The molecule has 8 rings (SSSR count). The van der Waals surface area contributed by atoms with E-state index in [-0.39, 0.29) is 22.6 Å². The zero-order valence-corrected chi connectivity index (χ0v) is 25.1. The first-order valence-electron chi connectivity index (χ1n) is 18.4. The second kappa shape index (κ2) is 11.4. The van der Waals surface area contributed by atoms with Crippen molar-refractivity contribution in [3.63, 3.8) is 0 Å². The summed E-state index contributed by atoms with van der Waals surface area (Å²) in [5.41, 5.74) is 7.75. The molecule has 1 aliphatic heterocycles. The Balaban J connectivity index is 1.41. The maximum Gasteiger partial charge on any atom is 0.139 e. The second-order valence-electron chi connectivity index (χ2n) is 11.6. The fourth-order valence-electron chi connectivity index (χ4n) is 6.66. The van der Waals surface area contributed by atoms with E-state index in [1.54, 1.807) is 36.4 Å². The molecule has 0 N–H and O–H groups in total. The number of rotatable bonds is 5. The van der Waals surface area contributed by atoms with Gasteiger partial charge in [0.15, 0.2) is 0 Å². The van der Waals surface area contributed by atoms with E-state index in [0.717, 1.165) is 50.1 Å². The summed E-state index contributed by atoms with van der Waals surface area (Å²) in [6.07, 6.45) is 0. The molecule has 0 saturated heterocycles. The SMILES string of the molecule is [2H]C([2H])([2H])C1(C([2H])([2H])[2H])c2ccccc2Oc2c(-c3cccc(-c4c(-c5ccccc5)ccc(-c5ccccc5)c4-c4ccccc4)c3)cccc21. The van der Waals surface area contributed by atoms with E-state index in [9.17, 15) is 0 Å². The lowest BCUT2D eigenvalue weighted by atomic mass is 9.75. The smallest absolute Gasteiger partial charge is 0.139 e. The quantitative estimate of drug-likeness (QED) is 0.192. The molecular weight excluding hydrogens is 556 g/mol. The Kier molecular flexibility index (Phi) is 5.42. The maximum atomic E-state index is 8.73. The average Bonchev–Trinajstić information content (AvgIpc) is 3.16. The summed E-state index contributed by atoms with van der Waals surface area (Å²) in [6.45, 7) is -5.83. The van der Waals surface area contributed by atoms with Gasteiger partial charge in [0.05, 0.1) is 0 Å². The molecule has 0 aliphatic carbocycles. The molecule has 0 amide bonds. The molecule has 0 spiro atoms. The van der Waals surface area contributed by atoms with Crippen LogP contribution in [0.3, 0.4) is 0 Å². The van der Waals surface area contributed by atoms with Crippen molar-refractivity contribution in [2.45, 2.75) is 19.1 Å². The lowest BCUT2D eigenvalue weighted by molar-refractivity contribution is 0.419. The van der Waals surface area contributed by atoms with E-state index in [2.05, 4.69) is 60.7 Å². The van der Waals surface area contributed by atoms with Crippen molar-refractivity contribution in [1.29, 1.82) is 0 Å². The highest BCUT2D eigenvalue weighted by Crippen LogP contribution is 2.52. The van der Waals surface area contributed by atoms with Crippen molar-refractivity contribution < 1.29 is 13.0 Å². The molecule has 46 heavy (non-hydrogen) atoms. The second-order valence-corrected chi connectivity index (χ2v) is 11.6. The van der Waals surface area contributed by atoms with Crippen LogP contribution in [0.25, 0.3) is 55.6 Å². The minimum Gasteiger partial charge on any atom is -0.456 e. The molecule has 0 unspecified atom stereocenters. The molecular formula is C45H34O. The van der Waals surface area contributed by atoms with Gasteiger partial charge in [0.2, 0.25) is 0 Å². The molecule has 0 radical (unpaired) electrons. The first-order chi connectivity index (χ1) is 25.1. The van der Waals surface area contributed by atoms with Crippen LogP contribution in [0.15, 0.2) is 170 Å². The Bertz CT molecular complexity index is 2380. The van der Waals surface area contributed by atoms with Gasteiger partial charge in [-0.2, -0.15) is 0 Å². The molecule has 0 bridgehead atoms. The van der Waals surface area contributed by atoms with Crippen LogP contribution >= 0.6 is 0 Å². The first kappa shape index (κ1) is 21.9. The monoisotopic (exact) mass is 596 g/mol. The molecule has 0 fully saturated rings. The number of benzene rings is 7. The Morgan fingerprint density at radius 3 is 1.57 bits per heavy atom. The van der Waals surface area contributed by atoms with Crippen molar-refractivity contribution in [2.75, 3.05) is 0 Å². The number of para-hydroxylation sites is 2. The van der Waals surface area contributed by atoms with E-state index in [1.807, 2.05) is 72.8 Å². The minimum absolute atomic E-state index is 0.120. The molecule has 0 aromatic heterocycles. The summed E-state index contributed by atoms with van der Waals surface area (Å²) >= 11 is 0.